The maximum atomic E-state index is 9.29. The van der Waals surface area contributed by atoms with E-state index in [-0.39, 0.29) is 17.7 Å². The van der Waals surface area contributed by atoms with Crippen LogP contribution in [0.2, 0.25) is 0 Å². The Balaban J connectivity index is 1.57. The number of hydrogen-bond donors (Lipinski definition) is 1. The van der Waals surface area contributed by atoms with Gasteiger partial charge in [0.25, 0.3) is 5.88 Å². The Morgan fingerprint density at radius 3 is 2.69 bits per heavy atom. The first-order valence-corrected chi connectivity index (χ1v) is 9.40. The maximum Gasteiger partial charge on any atom is 0.253 e. The lowest BCUT2D eigenvalue weighted by molar-refractivity contribution is 0.200. The summed E-state index contributed by atoms with van der Waals surface area (Å²) in [6, 6.07) is 3.81. The summed E-state index contributed by atoms with van der Waals surface area (Å²) < 4.78 is 13.1. The van der Waals surface area contributed by atoms with Crippen LogP contribution < -0.4 is 14.8 Å². The summed E-state index contributed by atoms with van der Waals surface area (Å²) in [5, 5.41) is 16.6. The average molecular weight is 391 g/mol. The maximum absolute atomic E-state index is 9.29. The van der Waals surface area contributed by atoms with E-state index in [1.54, 1.807) is 30.3 Å². The van der Waals surface area contributed by atoms with Crippen LogP contribution in [-0.4, -0.2) is 37.9 Å². The van der Waals surface area contributed by atoms with Crippen molar-refractivity contribution in [1.82, 2.24) is 24.7 Å². The molecule has 1 N–H and O–H groups in total. The lowest BCUT2D eigenvalue weighted by Gasteiger charge is -2.14. The van der Waals surface area contributed by atoms with Crippen molar-refractivity contribution in [1.29, 1.82) is 5.26 Å². The van der Waals surface area contributed by atoms with Crippen molar-refractivity contribution >= 4 is 11.6 Å². The van der Waals surface area contributed by atoms with Gasteiger partial charge in [-0.1, -0.05) is 0 Å². The van der Waals surface area contributed by atoms with Crippen molar-refractivity contribution in [3.8, 4) is 28.8 Å². The molecule has 9 heteroatoms. The minimum Gasteiger partial charge on any atom is -0.496 e. The molecule has 148 valence electrons. The molecule has 0 saturated heterocycles. The van der Waals surface area contributed by atoms with Gasteiger partial charge < -0.3 is 14.8 Å². The number of hydrogen-bond acceptors (Lipinski definition) is 8. The Bertz CT molecular complexity index is 1050. The van der Waals surface area contributed by atoms with Gasteiger partial charge in [0.05, 0.1) is 19.5 Å². The Morgan fingerprint density at radius 1 is 1.17 bits per heavy atom. The second kappa shape index (κ2) is 8.14. The smallest absolute Gasteiger partial charge is 0.253 e. The monoisotopic (exact) mass is 391 g/mol. The van der Waals surface area contributed by atoms with Crippen molar-refractivity contribution in [3.63, 3.8) is 0 Å². The normalized spacial score (nSPS) is 13.8. The van der Waals surface area contributed by atoms with Crippen LogP contribution >= 0.6 is 0 Å². The number of nitrogens with one attached hydrogen (secondary N) is 1. The Hall–Kier alpha value is -3.67. The fourth-order valence-electron chi connectivity index (χ4n) is 3.34. The molecule has 3 aromatic rings. The number of pyridine rings is 1. The molecule has 0 radical (unpaired) electrons. The average Bonchev–Trinajstić information content (AvgIpc) is 3.40. The Labute approximate surface area is 168 Å². The van der Waals surface area contributed by atoms with E-state index in [2.05, 4.69) is 25.4 Å². The van der Waals surface area contributed by atoms with Gasteiger partial charge in [0, 0.05) is 36.6 Å². The quantitative estimate of drug-likeness (QED) is 0.682. The van der Waals surface area contributed by atoms with Gasteiger partial charge in [0.15, 0.2) is 5.82 Å². The number of nitrogens with zero attached hydrogens (tertiary/aromatic N) is 6. The summed E-state index contributed by atoms with van der Waals surface area (Å²) in [6.07, 6.45) is 11.1. The third-order valence-electron chi connectivity index (χ3n) is 4.78. The molecule has 4 rings (SSSR count). The molecule has 1 fully saturated rings. The number of nitriles is 1. The molecule has 0 spiro atoms. The number of methoxy groups -OCH3 is 1. The second-order valence-electron chi connectivity index (χ2n) is 6.84. The SMILES string of the molecule is COc1cc(Nc2cnc(C#N)c(OC3CCCC3)n2)ncc1-c1cnn(C)c1. The molecule has 3 heterocycles. The molecule has 1 aliphatic carbocycles. The first-order valence-electron chi connectivity index (χ1n) is 9.40. The van der Waals surface area contributed by atoms with Gasteiger partial charge in [-0.05, 0) is 25.7 Å². The molecule has 0 atom stereocenters. The predicted molar refractivity (Wildman–Crippen MR) is 106 cm³/mol. The lowest BCUT2D eigenvalue weighted by atomic mass is 10.1. The van der Waals surface area contributed by atoms with E-state index in [1.165, 1.54) is 6.20 Å². The first kappa shape index (κ1) is 18.7. The fourth-order valence-corrected chi connectivity index (χ4v) is 3.34. The van der Waals surface area contributed by atoms with Crippen LogP contribution in [0.15, 0.2) is 30.9 Å². The van der Waals surface area contributed by atoms with Crippen LogP contribution in [0.3, 0.4) is 0 Å². The molecule has 3 aromatic heterocycles. The molecule has 29 heavy (non-hydrogen) atoms. The summed E-state index contributed by atoms with van der Waals surface area (Å²) in [7, 11) is 3.46. The van der Waals surface area contributed by atoms with Gasteiger partial charge in [-0.25, -0.2) is 9.97 Å². The van der Waals surface area contributed by atoms with Gasteiger partial charge >= 0.3 is 0 Å². The standard InChI is InChI=1S/C20H21N7O2/c1-27-12-13(9-24-27)15-10-23-18(7-17(15)28-2)25-19-11-22-16(8-21)20(26-19)29-14-5-3-4-6-14/h7,9-12,14H,3-6H2,1-2H3,(H,23,25,26). The van der Waals surface area contributed by atoms with Gasteiger partial charge in [0.1, 0.15) is 23.7 Å². The van der Waals surface area contributed by atoms with Crippen molar-refractivity contribution in [2.75, 3.05) is 12.4 Å². The van der Waals surface area contributed by atoms with E-state index < -0.39 is 0 Å². The van der Waals surface area contributed by atoms with Crippen molar-refractivity contribution in [2.24, 2.45) is 7.05 Å². The van der Waals surface area contributed by atoms with E-state index in [0.29, 0.717) is 17.4 Å². The molecule has 9 nitrogen and oxygen atoms in total. The molecular weight excluding hydrogens is 370 g/mol. The Kier molecular flexibility index (Phi) is 5.24. The predicted octanol–water partition coefficient (Wildman–Crippen LogP) is 3.22. The highest BCUT2D eigenvalue weighted by Gasteiger charge is 2.20. The highest BCUT2D eigenvalue weighted by atomic mass is 16.5. The molecular formula is C20H21N7O2. The van der Waals surface area contributed by atoms with Crippen LogP contribution in [-0.2, 0) is 7.05 Å². The zero-order valence-corrected chi connectivity index (χ0v) is 16.3. The topological polar surface area (TPSA) is 111 Å². The van der Waals surface area contributed by atoms with Crippen LogP contribution in [0, 0.1) is 11.3 Å². The first-order chi connectivity index (χ1) is 14.2. The number of aromatic nitrogens is 5. The lowest BCUT2D eigenvalue weighted by Crippen LogP contribution is -2.14. The summed E-state index contributed by atoms with van der Waals surface area (Å²) >= 11 is 0. The molecule has 0 aliphatic heterocycles. The van der Waals surface area contributed by atoms with Crippen molar-refractivity contribution < 1.29 is 9.47 Å². The molecule has 0 aromatic carbocycles. The van der Waals surface area contributed by atoms with Crippen LogP contribution in [0.4, 0.5) is 11.6 Å². The molecule has 0 amide bonds. The van der Waals surface area contributed by atoms with Crippen molar-refractivity contribution in [2.45, 2.75) is 31.8 Å². The molecule has 1 saturated carbocycles. The summed E-state index contributed by atoms with van der Waals surface area (Å²) in [4.78, 5) is 13.0. The van der Waals surface area contributed by atoms with E-state index in [9.17, 15) is 5.26 Å². The second-order valence-corrected chi connectivity index (χ2v) is 6.84. The Morgan fingerprint density at radius 2 is 2.00 bits per heavy atom. The van der Waals surface area contributed by atoms with Gasteiger partial charge in [-0.2, -0.15) is 15.3 Å². The van der Waals surface area contributed by atoms with E-state index in [4.69, 9.17) is 9.47 Å². The van der Waals surface area contributed by atoms with Gasteiger partial charge in [0.2, 0.25) is 5.69 Å². The van der Waals surface area contributed by atoms with Gasteiger partial charge in [-0.15, -0.1) is 0 Å². The number of anilines is 2. The number of rotatable bonds is 6. The number of aryl methyl sites for hydroxylation is 1. The minimum absolute atomic E-state index is 0.0867. The molecule has 0 bridgehead atoms. The summed E-state index contributed by atoms with van der Waals surface area (Å²) in [5.41, 5.74) is 1.93. The highest BCUT2D eigenvalue weighted by molar-refractivity contribution is 5.71. The van der Waals surface area contributed by atoms with Crippen LogP contribution in [0.1, 0.15) is 31.4 Å². The third kappa shape index (κ3) is 4.11. The van der Waals surface area contributed by atoms with Crippen LogP contribution in [0.25, 0.3) is 11.1 Å². The fraction of sp³-hybridized carbons (Fsp3) is 0.350. The number of ether oxygens (including phenoxy) is 2. The molecule has 0 unspecified atom stereocenters. The summed E-state index contributed by atoms with van der Waals surface area (Å²) in [5.74, 6) is 1.89. The minimum atomic E-state index is 0.0867. The largest absolute Gasteiger partial charge is 0.496 e. The summed E-state index contributed by atoms with van der Waals surface area (Å²) in [6.45, 7) is 0. The van der Waals surface area contributed by atoms with E-state index in [1.807, 2.05) is 19.3 Å². The highest BCUT2D eigenvalue weighted by Crippen LogP contribution is 2.32. The zero-order chi connectivity index (χ0) is 20.2. The molecule has 1 aliphatic rings. The van der Waals surface area contributed by atoms with E-state index >= 15 is 0 Å². The van der Waals surface area contributed by atoms with Crippen molar-refractivity contribution in [3.05, 3.63) is 36.5 Å². The van der Waals surface area contributed by atoms with Gasteiger partial charge in [-0.3, -0.25) is 4.68 Å². The van der Waals surface area contributed by atoms with E-state index in [0.717, 1.165) is 36.8 Å². The van der Waals surface area contributed by atoms with Crippen LogP contribution in [0.5, 0.6) is 11.6 Å². The zero-order valence-electron chi connectivity index (χ0n) is 16.3. The third-order valence-corrected chi connectivity index (χ3v) is 4.78.